The van der Waals surface area contributed by atoms with Crippen LogP contribution in [0.4, 0.5) is 0 Å². The molecule has 1 aliphatic rings. The molecule has 5 rings (SSSR count). The molecule has 8 heteroatoms. The quantitative estimate of drug-likeness (QED) is 0.243. The van der Waals surface area contributed by atoms with Gasteiger partial charge in [0.05, 0.1) is 42.7 Å². The van der Waals surface area contributed by atoms with E-state index in [9.17, 15) is 0 Å². The van der Waals surface area contributed by atoms with E-state index in [0.29, 0.717) is 34.5 Å². The van der Waals surface area contributed by atoms with Gasteiger partial charge in [0, 0.05) is 37.0 Å². The molecular weight excluding hydrogens is 520 g/mol. The van der Waals surface area contributed by atoms with Gasteiger partial charge in [-0.2, -0.15) is 0 Å². The highest BCUT2D eigenvalue weighted by Crippen LogP contribution is 2.44. The Hall–Kier alpha value is -3.88. The van der Waals surface area contributed by atoms with Crippen LogP contribution in [0.3, 0.4) is 0 Å². The van der Waals surface area contributed by atoms with Crippen molar-refractivity contribution in [3.8, 4) is 34.5 Å². The summed E-state index contributed by atoms with van der Waals surface area (Å²) in [5, 5.41) is 4.18. The van der Waals surface area contributed by atoms with Crippen LogP contribution in [0.2, 0.25) is 0 Å². The van der Waals surface area contributed by atoms with E-state index in [1.165, 1.54) is 11.1 Å². The molecule has 1 aliphatic heterocycles. The lowest BCUT2D eigenvalue weighted by molar-refractivity contribution is 0.247. The predicted molar refractivity (Wildman–Crippen MR) is 162 cm³/mol. The second-order valence-electron chi connectivity index (χ2n) is 10.3. The monoisotopic (exact) mass is 560 g/mol. The lowest BCUT2D eigenvalue weighted by Gasteiger charge is -2.23. The molecule has 4 aromatic rings. The SMILES string of the molecule is COc1cc2ccc(CN3CCCN(Cc4ccc5cc(OC)c(OC)c(OC)c5c4)CC3)cc2c(OC)c1OC. The number of rotatable bonds is 10. The summed E-state index contributed by atoms with van der Waals surface area (Å²) in [5.74, 6) is 3.98. The molecule has 4 aromatic carbocycles. The molecule has 0 saturated carbocycles. The molecule has 0 aromatic heterocycles. The van der Waals surface area contributed by atoms with Gasteiger partial charge in [0.25, 0.3) is 0 Å². The second kappa shape index (κ2) is 12.7. The van der Waals surface area contributed by atoms with E-state index >= 15 is 0 Å². The maximum Gasteiger partial charge on any atom is 0.203 e. The number of hydrogen-bond donors (Lipinski definition) is 0. The van der Waals surface area contributed by atoms with Crippen LogP contribution in [-0.4, -0.2) is 78.6 Å². The van der Waals surface area contributed by atoms with Gasteiger partial charge in [-0.25, -0.2) is 0 Å². The molecule has 218 valence electrons. The molecule has 0 amide bonds. The maximum absolute atomic E-state index is 5.75. The summed E-state index contributed by atoms with van der Waals surface area (Å²) >= 11 is 0. The van der Waals surface area contributed by atoms with Crippen molar-refractivity contribution < 1.29 is 28.4 Å². The van der Waals surface area contributed by atoms with Crippen molar-refractivity contribution in [2.75, 3.05) is 68.8 Å². The van der Waals surface area contributed by atoms with Crippen LogP contribution >= 0.6 is 0 Å². The highest BCUT2D eigenvalue weighted by molar-refractivity contribution is 5.94. The van der Waals surface area contributed by atoms with E-state index < -0.39 is 0 Å². The Bertz CT molecular complexity index is 1410. The van der Waals surface area contributed by atoms with Gasteiger partial charge in [-0.3, -0.25) is 9.80 Å². The van der Waals surface area contributed by atoms with Crippen LogP contribution in [0.5, 0.6) is 34.5 Å². The summed E-state index contributed by atoms with van der Waals surface area (Å²) in [4.78, 5) is 5.07. The summed E-state index contributed by atoms with van der Waals surface area (Å²) in [7, 11) is 9.91. The Morgan fingerprint density at radius 2 is 0.902 bits per heavy atom. The highest BCUT2D eigenvalue weighted by atomic mass is 16.5. The third kappa shape index (κ3) is 5.80. The fraction of sp³-hybridized carbons (Fsp3) is 0.394. The molecule has 0 N–H and O–H groups in total. The first-order chi connectivity index (χ1) is 20.0. The van der Waals surface area contributed by atoms with Crippen LogP contribution in [0.25, 0.3) is 21.5 Å². The minimum Gasteiger partial charge on any atom is -0.493 e. The molecule has 0 bridgehead atoms. The van der Waals surface area contributed by atoms with Crippen molar-refractivity contribution in [1.29, 1.82) is 0 Å². The van der Waals surface area contributed by atoms with Crippen molar-refractivity contribution in [2.24, 2.45) is 0 Å². The van der Waals surface area contributed by atoms with Gasteiger partial charge in [-0.05, 0) is 65.7 Å². The first-order valence-electron chi connectivity index (χ1n) is 13.9. The van der Waals surface area contributed by atoms with E-state index in [-0.39, 0.29) is 0 Å². The van der Waals surface area contributed by atoms with E-state index in [1.54, 1.807) is 42.7 Å². The van der Waals surface area contributed by atoms with Crippen molar-refractivity contribution in [3.05, 3.63) is 59.7 Å². The Morgan fingerprint density at radius 3 is 1.27 bits per heavy atom. The lowest BCUT2D eigenvalue weighted by atomic mass is 10.0. The van der Waals surface area contributed by atoms with Gasteiger partial charge >= 0.3 is 0 Å². The molecule has 0 atom stereocenters. The molecule has 1 heterocycles. The average molecular weight is 561 g/mol. The third-order valence-electron chi connectivity index (χ3n) is 7.91. The van der Waals surface area contributed by atoms with Gasteiger partial charge in [-0.1, -0.05) is 24.3 Å². The topological polar surface area (TPSA) is 61.9 Å². The smallest absolute Gasteiger partial charge is 0.203 e. The number of fused-ring (bicyclic) bond motifs is 2. The second-order valence-corrected chi connectivity index (χ2v) is 10.3. The standard InChI is InChI=1S/C33H40N2O6/c1-36-28-18-24-10-8-22(16-26(24)30(38-3)32(28)40-5)20-34-12-7-13-35(15-14-34)21-23-9-11-25-19-29(37-2)33(41-6)31(39-4)27(25)17-23/h8-11,16-19H,7,12-15,20-21H2,1-6H3. The third-order valence-corrected chi connectivity index (χ3v) is 7.91. The normalized spacial score (nSPS) is 14.6. The Labute approximate surface area is 242 Å². The van der Waals surface area contributed by atoms with Gasteiger partial charge in [0.2, 0.25) is 11.5 Å². The van der Waals surface area contributed by atoms with Crippen LogP contribution in [0.1, 0.15) is 17.5 Å². The first kappa shape index (κ1) is 28.6. The lowest BCUT2D eigenvalue weighted by Crippen LogP contribution is -2.30. The molecule has 8 nitrogen and oxygen atoms in total. The highest BCUT2D eigenvalue weighted by Gasteiger charge is 2.20. The molecule has 0 unspecified atom stereocenters. The molecule has 0 aliphatic carbocycles. The van der Waals surface area contributed by atoms with Crippen LogP contribution in [0, 0.1) is 0 Å². The van der Waals surface area contributed by atoms with E-state index in [1.807, 2.05) is 12.1 Å². The summed E-state index contributed by atoms with van der Waals surface area (Å²) in [6.07, 6.45) is 1.11. The maximum atomic E-state index is 5.75. The number of methoxy groups -OCH3 is 6. The zero-order valence-electron chi connectivity index (χ0n) is 24.9. The molecule has 0 radical (unpaired) electrons. The van der Waals surface area contributed by atoms with Gasteiger partial charge in [0.15, 0.2) is 23.0 Å². The van der Waals surface area contributed by atoms with Gasteiger partial charge in [0.1, 0.15) is 0 Å². The fourth-order valence-electron chi connectivity index (χ4n) is 5.88. The van der Waals surface area contributed by atoms with Crippen LogP contribution in [0.15, 0.2) is 48.5 Å². The van der Waals surface area contributed by atoms with E-state index in [0.717, 1.165) is 67.2 Å². The summed E-state index contributed by atoms with van der Waals surface area (Å²) in [6.45, 7) is 5.89. The first-order valence-corrected chi connectivity index (χ1v) is 13.9. The minimum atomic E-state index is 0.619. The predicted octanol–water partition coefficient (Wildman–Crippen LogP) is 5.75. The summed E-state index contributed by atoms with van der Waals surface area (Å²) in [6, 6.07) is 17.1. The van der Waals surface area contributed by atoms with Gasteiger partial charge < -0.3 is 28.4 Å². The Kier molecular flexibility index (Phi) is 8.90. The molecule has 1 saturated heterocycles. The van der Waals surface area contributed by atoms with Crippen molar-refractivity contribution in [2.45, 2.75) is 19.5 Å². The van der Waals surface area contributed by atoms with Crippen LogP contribution in [-0.2, 0) is 13.1 Å². The number of ether oxygens (including phenoxy) is 6. The zero-order chi connectivity index (χ0) is 28.9. The number of hydrogen-bond acceptors (Lipinski definition) is 8. The molecule has 41 heavy (non-hydrogen) atoms. The van der Waals surface area contributed by atoms with Crippen molar-refractivity contribution >= 4 is 21.5 Å². The minimum absolute atomic E-state index is 0.619. The summed E-state index contributed by atoms with van der Waals surface area (Å²) < 4.78 is 33.8. The van der Waals surface area contributed by atoms with E-state index in [4.69, 9.17) is 28.4 Å². The zero-order valence-corrected chi connectivity index (χ0v) is 24.9. The fourth-order valence-corrected chi connectivity index (χ4v) is 5.88. The summed E-state index contributed by atoms with van der Waals surface area (Å²) in [5.41, 5.74) is 2.50. The average Bonchev–Trinajstić information content (AvgIpc) is 3.23. The van der Waals surface area contributed by atoms with Crippen molar-refractivity contribution in [3.63, 3.8) is 0 Å². The molecular formula is C33H40N2O6. The van der Waals surface area contributed by atoms with Crippen molar-refractivity contribution in [1.82, 2.24) is 9.80 Å². The van der Waals surface area contributed by atoms with Crippen LogP contribution < -0.4 is 28.4 Å². The largest absolute Gasteiger partial charge is 0.493 e. The Balaban J connectivity index is 1.30. The van der Waals surface area contributed by atoms with E-state index in [2.05, 4.69) is 46.2 Å². The number of benzene rings is 4. The molecule has 1 fully saturated rings. The number of nitrogens with zero attached hydrogens (tertiary/aromatic N) is 2. The van der Waals surface area contributed by atoms with Gasteiger partial charge in [-0.15, -0.1) is 0 Å². The molecule has 0 spiro atoms. The Morgan fingerprint density at radius 1 is 0.488 bits per heavy atom.